The summed E-state index contributed by atoms with van der Waals surface area (Å²) in [5.41, 5.74) is 0. The minimum atomic E-state index is -0.748. The third-order valence-corrected chi connectivity index (χ3v) is 8.71. The summed E-state index contributed by atoms with van der Waals surface area (Å²) >= 11 is 0. The Morgan fingerprint density at radius 3 is 1.88 bits per heavy atom. The van der Waals surface area contributed by atoms with Crippen LogP contribution in [0.5, 0.6) is 0 Å². The van der Waals surface area contributed by atoms with E-state index in [1.54, 1.807) is 6.92 Å². The molecule has 0 aromatic carbocycles. The number of hydrogen-bond acceptors (Lipinski definition) is 7. The maximum Gasteiger partial charge on any atom is 0.306 e. The van der Waals surface area contributed by atoms with Crippen molar-refractivity contribution >= 4 is 23.8 Å². The lowest BCUT2D eigenvalue weighted by Crippen LogP contribution is -2.38. The van der Waals surface area contributed by atoms with E-state index in [0.29, 0.717) is 36.8 Å². The van der Waals surface area contributed by atoms with Gasteiger partial charge >= 0.3 is 11.9 Å². The number of nitrogens with one attached hydrogen (secondary N) is 2. The molecule has 10 nitrogen and oxygen atoms in total. The fourth-order valence-electron chi connectivity index (χ4n) is 5.51. The number of carbonyl (C=O) groups is 4. The van der Waals surface area contributed by atoms with Crippen molar-refractivity contribution in [1.82, 2.24) is 10.6 Å². The van der Waals surface area contributed by atoms with E-state index >= 15 is 0 Å². The second kappa shape index (κ2) is 32.4. The van der Waals surface area contributed by atoms with Crippen LogP contribution >= 0.6 is 0 Å². The fourth-order valence-corrected chi connectivity index (χ4v) is 5.51. The Balaban J connectivity index is 3.93. The number of aliphatic hydroxyl groups is 1. The molecular formula is C40H76N3O7+. The Morgan fingerprint density at radius 2 is 1.26 bits per heavy atom. The maximum absolute atomic E-state index is 12.5. The number of hydrogen-bond donors (Lipinski definition) is 3. The molecule has 3 N–H and O–H groups in total. The Kier molecular flexibility index (Phi) is 30.9. The van der Waals surface area contributed by atoms with E-state index in [2.05, 4.69) is 23.6 Å². The predicted molar refractivity (Wildman–Crippen MR) is 202 cm³/mol. The van der Waals surface area contributed by atoms with Gasteiger partial charge in [0.25, 0.3) is 0 Å². The second-order valence-electron chi connectivity index (χ2n) is 14.9. The smallest absolute Gasteiger partial charge is 0.306 e. The van der Waals surface area contributed by atoms with Crippen molar-refractivity contribution < 1.29 is 38.2 Å². The lowest BCUT2D eigenvalue weighted by molar-refractivity contribution is -0.870. The van der Waals surface area contributed by atoms with E-state index in [1.165, 1.54) is 32.1 Å². The normalized spacial score (nSPS) is 12.8. The first-order valence-corrected chi connectivity index (χ1v) is 19.9. The molecule has 0 rings (SSSR count). The first kappa shape index (κ1) is 47.5. The summed E-state index contributed by atoms with van der Waals surface area (Å²) in [6.07, 6.45) is 23.7. The van der Waals surface area contributed by atoms with Gasteiger partial charge < -0.3 is 29.7 Å². The predicted octanol–water partition coefficient (Wildman–Crippen LogP) is 7.31. The molecule has 0 aromatic heterocycles. The molecule has 0 aliphatic heterocycles. The van der Waals surface area contributed by atoms with Crippen LogP contribution in [0.1, 0.15) is 162 Å². The summed E-state index contributed by atoms with van der Waals surface area (Å²) in [6, 6.07) is 0. The molecule has 0 radical (unpaired) electrons. The summed E-state index contributed by atoms with van der Waals surface area (Å²) in [4.78, 5) is 47.4. The molecule has 0 aliphatic carbocycles. The quantitative estimate of drug-likeness (QED) is 0.0276. The maximum atomic E-state index is 12.5. The Morgan fingerprint density at radius 1 is 0.680 bits per heavy atom. The van der Waals surface area contributed by atoms with E-state index in [4.69, 9.17) is 9.47 Å². The number of quaternary nitrogens is 1. The van der Waals surface area contributed by atoms with E-state index in [1.807, 2.05) is 27.2 Å². The molecule has 2 atom stereocenters. The minimum absolute atomic E-state index is 0.0481. The second-order valence-corrected chi connectivity index (χ2v) is 14.9. The molecule has 2 amide bonds. The molecule has 0 bridgehead atoms. The highest BCUT2D eigenvalue weighted by Gasteiger charge is 2.22. The largest absolute Gasteiger partial charge is 0.460 e. The molecule has 0 fully saturated rings. The first-order chi connectivity index (χ1) is 23.9. The summed E-state index contributed by atoms with van der Waals surface area (Å²) in [6.45, 7) is 6.32. The van der Waals surface area contributed by atoms with Crippen LogP contribution < -0.4 is 10.6 Å². The summed E-state index contributed by atoms with van der Waals surface area (Å²) < 4.78 is 11.6. The number of nitrogens with zero attached hydrogens (tertiary/aromatic N) is 1. The molecule has 0 aliphatic rings. The van der Waals surface area contributed by atoms with Gasteiger partial charge in [0.2, 0.25) is 11.8 Å². The van der Waals surface area contributed by atoms with E-state index in [0.717, 1.165) is 96.7 Å². The summed E-state index contributed by atoms with van der Waals surface area (Å²) in [5.74, 6) is -0.466. The van der Waals surface area contributed by atoms with Crippen LogP contribution in [0.3, 0.4) is 0 Å². The number of amides is 2. The number of aliphatic hydroxyl groups excluding tert-OH is 1. The molecule has 50 heavy (non-hydrogen) atoms. The number of ether oxygens (including phenoxy) is 2. The molecule has 0 saturated heterocycles. The van der Waals surface area contributed by atoms with Gasteiger partial charge in [0, 0.05) is 39.3 Å². The number of rotatable bonds is 34. The van der Waals surface area contributed by atoms with Gasteiger partial charge in [0.05, 0.1) is 27.2 Å². The monoisotopic (exact) mass is 711 g/mol. The van der Waals surface area contributed by atoms with Gasteiger partial charge in [-0.25, -0.2) is 0 Å². The Labute approximate surface area is 305 Å². The highest BCUT2D eigenvalue weighted by atomic mass is 16.6. The highest BCUT2D eigenvalue weighted by molar-refractivity contribution is 5.75. The van der Waals surface area contributed by atoms with E-state index in [9.17, 15) is 24.3 Å². The van der Waals surface area contributed by atoms with Gasteiger partial charge in [0.15, 0.2) is 0 Å². The number of allylic oxidation sites excluding steroid dienone is 1. The molecule has 0 aromatic rings. The molecule has 2 unspecified atom stereocenters. The fraction of sp³-hybridized carbons (Fsp3) is 0.850. The van der Waals surface area contributed by atoms with Gasteiger partial charge in [-0.1, -0.05) is 89.7 Å². The number of carbonyl (C=O) groups excluding carboxylic acids is 4. The van der Waals surface area contributed by atoms with Crippen molar-refractivity contribution in [2.45, 2.75) is 174 Å². The molecule has 0 saturated carbocycles. The Bertz CT molecular complexity index is 904. The molecule has 292 valence electrons. The standard InChI is InChI=1S/C40H75N3O7/c1-6-7-20-27-37(50-40(48)30-25-29-39(47)49-34-33-43(3,4)5)36(45)26-21-16-12-8-9-13-17-22-28-38(46)42-32-24-19-15-11-10-14-18-23-31-41-35(2)44/h16,21,36-37,45H,6-15,17-20,22-34H2,1-5H3,(H-,41,42,44,46)/p+1/b21-16-. The van der Waals surface area contributed by atoms with Crippen molar-refractivity contribution in [3.63, 3.8) is 0 Å². The molecule has 0 heterocycles. The van der Waals surface area contributed by atoms with Crippen molar-refractivity contribution in [3.05, 3.63) is 12.2 Å². The van der Waals surface area contributed by atoms with Crippen LogP contribution in [-0.4, -0.2) is 92.9 Å². The van der Waals surface area contributed by atoms with Crippen molar-refractivity contribution in [2.24, 2.45) is 0 Å². The molecule has 10 heteroatoms. The lowest BCUT2D eigenvalue weighted by Gasteiger charge is -2.23. The lowest BCUT2D eigenvalue weighted by atomic mass is 10.0. The van der Waals surface area contributed by atoms with Gasteiger partial charge in [-0.15, -0.1) is 0 Å². The highest BCUT2D eigenvalue weighted by Crippen LogP contribution is 2.16. The third-order valence-electron chi connectivity index (χ3n) is 8.71. The number of likely N-dealkylation sites (N-methyl/N-ethyl adjacent to an activating group) is 1. The number of esters is 2. The topological polar surface area (TPSA) is 131 Å². The van der Waals surface area contributed by atoms with Crippen molar-refractivity contribution in [1.29, 1.82) is 0 Å². The van der Waals surface area contributed by atoms with E-state index < -0.39 is 12.2 Å². The zero-order valence-electron chi connectivity index (χ0n) is 32.7. The average molecular weight is 711 g/mol. The van der Waals surface area contributed by atoms with Gasteiger partial charge in [-0.05, 0) is 57.8 Å². The zero-order chi connectivity index (χ0) is 37.3. The van der Waals surface area contributed by atoms with Gasteiger partial charge in [0.1, 0.15) is 19.3 Å². The summed E-state index contributed by atoms with van der Waals surface area (Å²) in [5, 5.41) is 16.7. The van der Waals surface area contributed by atoms with Crippen LogP contribution in [-0.2, 0) is 28.7 Å². The molecular weight excluding hydrogens is 634 g/mol. The zero-order valence-corrected chi connectivity index (χ0v) is 32.7. The van der Waals surface area contributed by atoms with Crippen LogP contribution in [0.4, 0.5) is 0 Å². The van der Waals surface area contributed by atoms with Gasteiger partial charge in [-0.2, -0.15) is 0 Å². The SMILES string of the molecule is CCCCCC(OC(=O)CCCC(=O)OCC[N+](C)(C)C)C(O)C/C=C\CCCCCCCC(=O)NCCCCCCCCCCNC(C)=O. The summed E-state index contributed by atoms with van der Waals surface area (Å²) in [7, 11) is 6.11. The molecule has 0 spiro atoms. The van der Waals surface area contributed by atoms with Crippen molar-refractivity contribution in [3.8, 4) is 0 Å². The van der Waals surface area contributed by atoms with Crippen molar-refractivity contribution in [2.75, 3.05) is 47.4 Å². The van der Waals surface area contributed by atoms with Crippen LogP contribution in [0.25, 0.3) is 0 Å². The van der Waals surface area contributed by atoms with Crippen LogP contribution in [0.2, 0.25) is 0 Å². The third kappa shape index (κ3) is 34.0. The van der Waals surface area contributed by atoms with Crippen LogP contribution in [0, 0.1) is 0 Å². The van der Waals surface area contributed by atoms with Gasteiger partial charge in [-0.3, -0.25) is 19.2 Å². The minimum Gasteiger partial charge on any atom is -0.460 e. The van der Waals surface area contributed by atoms with Crippen LogP contribution in [0.15, 0.2) is 12.2 Å². The Hall–Kier alpha value is -2.46. The first-order valence-electron chi connectivity index (χ1n) is 19.9. The average Bonchev–Trinajstić information content (AvgIpc) is 3.04. The number of unbranched alkanes of at least 4 members (excludes halogenated alkanes) is 14. The van der Waals surface area contributed by atoms with E-state index in [-0.39, 0.29) is 36.6 Å².